The van der Waals surface area contributed by atoms with Crippen molar-refractivity contribution >= 4 is 21.6 Å². The molecule has 0 aliphatic rings. The van der Waals surface area contributed by atoms with E-state index in [2.05, 4.69) is 48.1 Å². The number of rotatable bonds is 7. The van der Waals surface area contributed by atoms with E-state index >= 15 is 0 Å². The molecule has 0 N–H and O–H groups in total. The molecule has 2 rings (SSSR count). The van der Waals surface area contributed by atoms with E-state index in [1.807, 2.05) is 11.3 Å². The van der Waals surface area contributed by atoms with Gasteiger partial charge in [-0.2, -0.15) is 0 Å². The largest absolute Gasteiger partial charge is 0.300 e. The molecule has 0 aliphatic heterocycles. The highest BCUT2D eigenvalue weighted by atomic mass is 32.1. The van der Waals surface area contributed by atoms with Crippen molar-refractivity contribution in [1.82, 2.24) is 9.88 Å². The molecule has 1 heterocycles. The average Bonchev–Trinajstić information content (AvgIpc) is 2.76. The van der Waals surface area contributed by atoms with E-state index in [0.29, 0.717) is 0 Å². The number of hydrogen-bond acceptors (Lipinski definition) is 3. The molecule has 0 saturated carbocycles. The van der Waals surface area contributed by atoms with Crippen LogP contribution in [0.25, 0.3) is 10.2 Å². The third-order valence-electron chi connectivity index (χ3n) is 3.14. The molecule has 1 aromatic carbocycles. The van der Waals surface area contributed by atoms with Gasteiger partial charge in [-0.15, -0.1) is 11.3 Å². The molecule has 0 spiro atoms. The van der Waals surface area contributed by atoms with Crippen molar-refractivity contribution in [3.8, 4) is 0 Å². The van der Waals surface area contributed by atoms with E-state index in [1.54, 1.807) is 0 Å². The van der Waals surface area contributed by atoms with Gasteiger partial charge < -0.3 is 0 Å². The second-order valence-corrected chi connectivity index (χ2v) is 5.99. The van der Waals surface area contributed by atoms with Gasteiger partial charge in [0.1, 0.15) is 5.01 Å². The maximum Gasteiger partial charge on any atom is 0.108 e. The number of aromatic nitrogens is 1. The first-order chi connectivity index (χ1) is 8.79. The molecule has 0 fully saturated rings. The molecule has 1 aromatic heterocycles. The van der Waals surface area contributed by atoms with Crippen LogP contribution < -0.4 is 0 Å². The van der Waals surface area contributed by atoms with Crippen LogP contribution in [0.4, 0.5) is 0 Å². The van der Waals surface area contributed by atoms with Gasteiger partial charge in [0, 0.05) is 0 Å². The third-order valence-corrected chi connectivity index (χ3v) is 4.16. The van der Waals surface area contributed by atoms with Crippen molar-refractivity contribution in [3.63, 3.8) is 0 Å². The van der Waals surface area contributed by atoms with Crippen molar-refractivity contribution in [2.45, 2.75) is 39.2 Å². The lowest BCUT2D eigenvalue weighted by molar-refractivity contribution is 0.317. The molecule has 3 heteroatoms. The number of hydrogen-bond donors (Lipinski definition) is 0. The fourth-order valence-corrected chi connectivity index (χ4v) is 3.15. The van der Waals surface area contributed by atoms with Crippen molar-refractivity contribution in [1.29, 1.82) is 0 Å². The summed E-state index contributed by atoms with van der Waals surface area (Å²) < 4.78 is 1.30. The molecule has 18 heavy (non-hydrogen) atoms. The summed E-state index contributed by atoms with van der Waals surface area (Å²) in [6.45, 7) is 4.41. The Morgan fingerprint density at radius 3 is 2.78 bits per heavy atom. The van der Waals surface area contributed by atoms with Crippen LogP contribution in [0.5, 0.6) is 0 Å². The van der Waals surface area contributed by atoms with Crippen molar-refractivity contribution in [3.05, 3.63) is 29.3 Å². The van der Waals surface area contributed by atoms with Gasteiger partial charge >= 0.3 is 0 Å². The van der Waals surface area contributed by atoms with Crippen molar-refractivity contribution in [2.24, 2.45) is 0 Å². The average molecular weight is 262 g/mol. The normalized spacial score (nSPS) is 11.5. The summed E-state index contributed by atoms with van der Waals surface area (Å²) in [6, 6.07) is 8.38. The molecule has 0 aliphatic carbocycles. The van der Waals surface area contributed by atoms with Gasteiger partial charge in [-0.25, -0.2) is 4.98 Å². The summed E-state index contributed by atoms with van der Waals surface area (Å²) in [6.07, 6.45) is 5.31. The minimum Gasteiger partial charge on any atom is -0.300 e. The Morgan fingerprint density at radius 2 is 2.00 bits per heavy atom. The molecule has 0 radical (unpaired) electrons. The fraction of sp³-hybridized carbons (Fsp3) is 0.533. The standard InChI is InChI=1S/C15H22N2S/c1-3-4-5-8-11-17(2)12-15-16-13-9-6-7-10-14(13)18-15/h6-7,9-10H,3-5,8,11-12H2,1-2H3. The number of nitrogens with zero attached hydrogens (tertiary/aromatic N) is 2. The topological polar surface area (TPSA) is 16.1 Å². The van der Waals surface area contributed by atoms with Crippen LogP contribution in [0.2, 0.25) is 0 Å². The SMILES string of the molecule is CCCCCCN(C)Cc1nc2ccccc2s1. The summed E-state index contributed by atoms with van der Waals surface area (Å²) in [5, 5.41) is 1.23. The molecule has 0 saturated heterocycles. The Morgan fingerprint density at radius 1 is 1.17 bits per heavy atom. The summed E-state index contributed by atoms with van der Waals surface area (Å²) in [5.41, 5.74) is 1.14. The number of thiazole rings is 1. The lowest BCUT2D eigenvalue weighted by Crippen LogP contribution is -2.18. The zero-order valence-corrected chi connectivity index (χ0v) is 12.2. The summed E-state index contributed by atoms with van der Waals surface area (Å²) in [5.74, 6) is 0. The highest BCUT2D eigenvalue weighted by Gasteiger charge is 2.05. The van der Waals surface area contributed by atoms with E-state index in [1.165, 1.54) is 41.9 Å². The first-order valence-electron chi connectivity index (χ1n) is 6.82. The van der Waals surface area contributed by atoms with Crippen LogP contribution in [-0.4, -0.2) is 23.5 Å². The Balaban J connectivity index is 1.84. The van der Waals surface area contributed by atoms with Gasteiger partial charge in [-0.05, 0) is 32.1 Å². The molecule has 98 valence electrons. The Labute approximate surface area is 114 Å². The monoisotopic (exact) mass is 262 g/mol. The zero-order valence-electron chi connectivity index (χ0n) is 11.4. The molecule has 2 aromatic rings. The quantitative estimate of drug-likeness (QED) is 0.691. The Kier molecular flexibility index (Phi) is 5.14. The van der Waals surface area contributed by atoms with Gasteiger partial charge in [0.25, 0.3) is 0 Å². The highest BCUT2D eigenvalue weighted by molar-refractivity contribution is 7.18. The zero-order chi connectivity index (χ0) is 12.8. The maximum absolute atomic E-state index is 4.67. The van der Waals surface area contributed by atoms with Gasteiger partial charge in [0.2, 0.25) is 0 Å². The van der Waals surface area contributed by atoms with Gasteiger partial charge in [-0.1, -0.05) is 38.3 Å². The van der Waals surface area contributed by atoms with Crippen molar-refractivity contribution < 1.29 is 0 Å². The van der Waals surface area contributed by atoms with Crippen LogP contribution in [0.3, 0.4) is 0 Å². The van der Waals surface area contributed by atoms with Crippen LogP contribution >= 0.6 is 11.3 Å². The lowest BCUT2D eigenvalue weighted by atomic mass is 10.2. The molecule has 0 atom stereocenters. The van der Waals surface area contributed by atoms with Crippen LogP contribution in [-0.2, 0) is 6.54 Å². The molecule has 2 nitrogen and oxygen atoms in total. The summed E-state index contributed by atoms with van der Waals surface area (Å²) >= 11 is 1.82. The molecular formula is C15H22N2S. The molecular weight excluding hydrogens is 240 g/mol. The molecule has 0 amide bonds. The summed E-state index contributed by atoms with van der Waals surface area (Å²) in [4.78, 5) is 7.06. The van der Waals surface area contributed by atoms with E-state index in [4.69, 9.17) is 0 Å². The van der Waals surface area contributed by atoms with Crippen molar-refractivity contribution in [2.75, 3.05) is 13.6 Å². The van der Waals surface area contributed by atoms with E-state index < -0.39 is 0 Å². The Bertz CT molecular complexity index is 445. The van der Waals surface area contributed by atoms with Crippen LogP contribution in [0.1, 0.15) is 37.6 Å². The van der Waals surface area contributed by atoms with Gasteiger partial charge in [0.15, 0.2) is 0 Å². The maximum atomic E-state index is 4.67. The minimum absolute atomic E-state index is 0.978. The van der Waals surface area contributed by atoms with E-state index in [-0.39, 0.29) is 0 Å². The smallest absolute Gasteiger partial charge is 0.108 e. The third kappa shape index (κ3) is 3.79. The van der Waals surface area contributed by atoms with Crippen LogP contribution in [0, 0.1) is 0 Å². The van der Waals surface area contributed by atoms with Gasteiger partial charge in [-0.3, -0.25) is 4.90 Å². The second-order valence-electron chi connectivity index (χ2n) is 4.87. The number of para-hydroxylation sites is 1. The van der Waals surface area contributed by atoms with Gasteiger partial charge in [0.05, 0.1) is 16.8 Å². The first-order valence-corrected chi connectivity index (χ1v) is 7.64. The lowest BCUT2D eigenvalue weighted by Gasteiger charge is -2.14. The summed E-state index contributed by atoms with van der Waals surface area (Å²) in [7, 11) is 2.19. The Hall–Kier alpha value is -0.930. The highest BCUT2D eigenvalue weighted by Crippen LogP contribution is 2.22. The predicted octanol–water partition coefficient (Wildman–Crippen LogP) is 4.31. The molecule has 0 unspecified atom stereocenters. The first kappa shape index (κ1) is 13.5. The van der Waals surface area contributed by atoms with E-state index in [0.717, 1.165) is 12.1 Å². The molecule has 0 bridgehead atoms. The van der Waals surface area contributed by atoms with Crippen LogP contribution in [0.15, 0.2) is 24.3 Å². The second kappa shape index (κ2) is 6.86. The number of fused-ring (bicyclic) bond motifs is 1. The number of unbranched alkanes of at least 4 members (excludes halogenated alkanes) is 3. The fourth-order valence-electron chi connectivity index (χ4n) is 2.11. The van der Waals surface area contributed by atoms with E-state index in [9.17, 15) is 0 Å². The number of benzene rings is 1. The predicted molar refractivity (Wildman–Crippen MR) is 80.1 cm³/mol. The minimum atomic E-state index is 0.978.